The molecule has 1 aromatic heterocycles. The predicted octanol–water partition coefficient (Wildman–Crippen LogP) is 1.22. The van der Waals surface area contributed by atoms with E-state index in [-0.39, 0.29) is 10.1 Å². The maximum Gasteiger partial charge on any atom is 0.418 e. The molecule has 6 nitrogen and oxygen atoms in total. The molecule has 2 rings (SSSR count). The van der Waals surface area contributed by atoms with Crippen molar-refractivity contribution in [3.63, 3.8) is 0 Å². The Kier molecular flexibility index (Phi) is 3.81. The number of aromatic nitrogens is 3. The number of hydrogen-bond acceptors (Lipinski definition) is 5. The molecule has 0 amide bonds. The van der Waals surface area contributed by atoms with Gasteiger partial charge in [-0.1, -0.05) is 11.8 Å². The molecule has 3 N–H and O–H groups in total. The fourth-order valence-corrected chi connectivity index (χ4v) is 2.34. The van der Waals surface area contributed by atoms with E-state index in [1.54, 1.807) is 0 Å². The molecule has 0 aliphatic carbocycles. The van der Waals surface area contributed by atoms with Crippen LogP contribution < -0.4 is 16.9 Å². The fourth-order valence-electron chi connectivity index (χ4n) is 1.50. The van der Waals surface area contributed by atoms with Crippen molar-refractivity contribution in [2.45, 2.75) is 16.2 Å². The Morgan fingerprint density at radius 1 is 1.33 bits per heavy atom. The second-order valence-corrected chi connectivity index (χ2v) is 5.09. The first-order valence-corrected chi connectivity index (χ1v) is 6.32. The Bertz CT molecular complexity index is 797. The minimum atomic E-state index is -4.58. The van der Waals surface area contributed by atoms with E-state index in [0.717, 1.165) is 28.6 Å². The number of hydrogen-bond donors (Lipinski definition) is 2. The standard InChI is InChI=1S/C11H9F3N4O2S/c1-18-10(16-8(19)9(20)17-18)21-5-2-3-7(15)6(4-5)11(12,13)14/h2-4H,15H2,1H3,(H,17,20). The number of alkyl halides is 3. The average molecular weight is 318 g/mol. The molecule has 21 heavy (non-hydrogen) atoms. The number of benzene rings is 1. The molecule has 112 valence electrons. The third kappa shape index (κ3) is 3.27. The molecular weight excluding hydrogens is 309 g/mol. The van der Waals surface area contributed by atoms with Gasteiger partial charge in [0.15, 0.2) is 5.16 Å². The smallest absolute Gasteiger partial charge is 0.398 e. The van der Waals surface area contributed by atoms with Crippen molar-refractivity contribution in [2.24, 2.45) is 7.05 Å². The lowest BCUT2D eigenvalue weighted by molar-refractivity contribution is -0.137. The van der Waals surface area contributed by atoms with E-state index in [1.807, 2.05) is 0 Å². The highest BCUT2D eigenvalue weighted by molar-refractivity contribution is 7.99. The highest BCUT2D eigenvalue weighted by Crippen LogP contribution is 2.37. The molecule has 1 heterocycles. The van der Waals surface area contributed by atoms with E-state index in [4.69, 9.17) is 5.73 Å². The molecule has 0 saturated heterocycles. The van der Waals surface area contributed by atoms with E-state index >= 15 is 0 Å². The largest absolute Gasteiger partial charge is 0.418 e. The van der Waals surface area contributed by atoms with Gasteiger partial charge >= 0.3 is 17.3 Å². The van der Waals surface area contributed by atoms with Crippen molar-refractivity contribution in [2.75, 3.05) is 5.73 Å². The van der Waals surface area contributed by atoms with Crippen LogP contribution in [0.2, 0.25) is 0 Å². The van der Waals surface area contributed by atoms with Gasteiger partial charge in [-0.05, 0) is 18.2 Å². The maximum absolute atomic E-state index is 12.8. The lowest BCUT2D eigenvalue weighted by Crippen LogP contribution is -2.33. The summed E-state index contributed by atoms with van der Waals surface area (Å²) in [6.07, 6.45) is -4.58. The average Bonchev–Trinajstić information content (AvgIpc) is 2.37. The number of nitrogens with zero attached hydrogens (tertiary/aromatic N) is 2. The highest BCUT2D eigenvalue weighted by atomic mass is 32.2. The van der Waals surface area contributed by atoms with E-state index in [1.165, 1.54) is 13.1 Å². The van der Waals surface area contributed by atoms with Crippen molar-refractivity contribution in [3.8, 4) is 0 Å². The number of aryl methyl sites for hydroxylation is 1. The molecule has 0 bridgehead atoms. The van der Waals surface area contributed by atoms with Gasteiger partial charge in [0.05, 0.1) is 5.56 Å². The monoisotopic (exact) mass is 318 g/mol. The summed E-state index contributed by atoms with van der Waals surface area (Å²) in [5.41, 5.74) is 2.01. The molecule has 0 fully saturated rings. The van der Waals surface area contributed by atoms with Gasteiger partial charge < -0.3 is 5.73 Å². The van der Waals surface area contributed by atoms with Crippen LogP contribution in [0.15, 0.2) is 37.8 Å². The Morgan fingerprint density at radius 2 is 2.00 bits per heavy atom. The Hall–Kier alpha value is -2.23. The summed E-state index contributed by atoms with van der Waals surface area (Å²) in [6, 6.07) is 3.35. The van der Waals surface area contributed by atoms with Crippen molar-refractivity contribution in [1.82, 2.24) is 14.8 Å². The summed E-state index contributed by atoms with van der Waals surface area (Å²) in [4.78, 5) is 25.9. The van der Waals surface area contributed by atoms with Crippen LogP contribution >= 0.6 is 11.8 Å². The number of anilines is 1. The molecule has 0 aliphatic rings. The van der Waals surface area contributed by atoms with Crippen LogP contribution in [0.25, 0.3) is 0 Å². The zero-order chi connectivity index (χ0) is 15.8. The predicted molar refractivity (Wildman–Crippen MR) is 70.1 cm³/mol. The van der Waals surface area contributed by atoms with E-state index in [0.29, 0.717) is 0 Å². The summed E-state index contributed by atoms with van der Waals surface area (Å²) < 4.78 is 39.4. The van der Waals surface area contributed by atoms with Crippen LogP contribution in [-0.4, -0.2) is 14.8 Å². The molecule has 1 aromatic carbocycles. The number of nitrogens with two attached hydrogens (primary N) is 1. The minimum absolute atomic E-state index is 0.0532. The van der Waals surface area contributed by atoms with Gasteiger partial charge in [-0.25, -0.2) is 0 Å². The summed E-state index contributed by atoms with van der Waals surface area (Å²) in [6.45, 7) is 0. The summed E-state index contributed by atoms with van der Waals surface area (Å²) >= 11 is 0.802. The Labute approximate surface area is 119 Å². The number of nitrogens with one attached hydrogen (secondary N) is 1. The highest BCUT2D eigenvalue weighted by Gasteiger charge is 2.33. The molecule has 0 spiro atoms. The van der Waals surface area contributed by atoms with Crippen molar-refractivity contribution >= 4 is 17.4 Å². The Balaban J connectivity index is 2.44. The zero-order valence-electron chi connectivity index (χ0n) is 10.6. The van der Waals surface area contributed by atoms with E-state index in [9.17, 15) is 22.8 Å². The number of H-pyrrole nitrogens is 1. The first-order chi connectivity index (χ1) is 9.68. The van der Waals surface area contributed by atoms with Crippen LogP contribution in [0.1, 0.15) is 5.56 Å². The molecule has 0 atom stereocenters. The maximum atomic E-state index is 12.8. The van der Waals surface area contributed by atoms with Crippen LogP contribution in [0, 0.1) is 0 Å². The minimum Gasteiger partial charge on any atom is -0.398 e. The first kappa shape index (κ1) is 15.2. The van der Waals surface area contributed by atoms with Crippen LogP contribution in [-0.2, 0) is 13.2 Å². The van der Waals surface area contributed by atoms with Crippen LogP contribution in [0.3, 0.4) is 0 Å². The van der Waals surface area contributed by atoms with Gasteiger partial charge in [-0.3, -0.25) is 19.4 Å². The third-order valence-corrected chi connectivity index (χ3v) is 3.52. The first-order valence-electron chi connectivity index (χ1n) is 5.50. The normalized spacial score (nSPS) is 11.6. The second-order valence-electron chi connectivity index (χ2n) is 4.05. The number of aromatic amines is 1. The van der Waals surface area contributed by atoms with E-state index in [2.05, 4.69) is 10.1 Å². The van der Waals surface area contributed by atoms with Gasteiger partial charge in [0.1, 0.15) is 0 Å². The molecule has 0 unspecified atom stereocenters. The molecule has 0 aliphatic heterocycles. The van der Waals surface area contributed by atoms with Gasteiger partial charge in [-0.2, -0.15) is 18.2 Å². The lowest BCUT2D eigenvalue weighted by atomic mass is 10.2. The molecular formula is C11H9F3N4O2S. The lowest BCUT2D eigenvalue weighted by Gasteiger charge is -2.12. The van der Waals surface area contributed by atoms with Crippen LogP contribution in [0.5, 0.6) is 0 Å². The number of rotatable bonds is 2. The van der Waals surface area contributed by atoms with Gasteiger partial charge in [0.25, 0.3) is 0 Å². The fraction of sp³-hybridized carbons (Fsp3) is 0.182. The van der Waals surface area contributed by atoms with Crippen molar-refractivity contribution in [3.05, 3.63) is 44.5 Å². The summed E-state index contributed by atoms with van der Waals surface area (Å²) in [7, 11) is 1.41. The van der Waals surface area contributed by atoms with Gasteiger partial charge in [-0.15, -0.1) is 0 Å². The quantitative estimate of drug-likeness (QED) is 0.641. The van der Waals surface area contributed by atoms with Crippen LogP contribution in [0.4, 0.5) is 18.9 Å². The molecule has 10 heteroatoms. The second kappa shape index (κ2) is 5.28. The zero-order valence-corrected chi connectivity index (χ0v) is 11.4. The van der Waals surface area contributed by atoms with Crippen molar-refractivity contribution in [1.29, 1.82) is 0 Å². The van der Waals surface area contributed by atoms with Gasteiger partial charge in [0.2, 0.25) is 0 Å². The summed E-state index contributed by atoms with van der Waals surface area (Å²) in [5, 5.41) is 2.26. The molecule has 0 radical (unpaired) electrons. The third-order valence-electron chi connectivity index (χ3n) is 2.49. The van der Waals surface area contributed by atoms with E-state index < -0.39 is 28.5 Å². The van der Waals surface area contributed by atoms with Crippen molar-refractivity contribution < 1.29 is 13.2 Å². The molecule has 0 saturated carbocycles. The Morgan fingerprint density at radius 3 is 2.62 bits per heavy atom. The van der Waals surface area contributed by atoms with Gasteiger partial charge in [0, 0.05) is 17.6 Å². The number of halogens is 3. The summed E-state index contributed by atoms with van der Waals surface area (Å²) in [5.74, 6) is 0. The molecule has 2 aromatic rings. The topological polar surface area (TPSA) is 93.8 Å². The SMILES string of the molecule is Cn1[nH]c(=O)c(=O)nc1Sc1ccc(N)c(C(F)(F)F)c1. The number of nitrogen functional groups attached to an aromatic ring is 1.